The smallest absolute Gasteiger partial charge is 0.353 e. The predicted octanol–water partition coefficient (Wildman–Crippen LogP) is 3.68. The van der Waals surface area contributed by atoms with Crippen molar-refractivity contribution in [2.45, 2.75) is 25.9 Å². The van der Waals surface area contributed by atoms with E-state index >= 15 is 0 Å². The summed E-state index contributed by atoms with van der Waals surface area (Å²) in [6.07, 6.45) is 3.26. The zero-order valence-electron chi connectivity index (χ0n) is 13.7. The quantitative estimate of drug-likeness (QED) is 0.596. The normalized spacial score (nSPS) is 16.6. The lowest BCUT2D eigenvalue weighted by Gasteiger charge is -2.13. The van der Waals surface area contributed by atoms with Gasteiger partial charge in [0.1, 0.15) is 6.33 Å². The fourth-order valence-electron chi connectivity index (χ4n) is 2.64. The van der Waals surface area contributed by atoms with E-state index in [1.165, 1.54) is 6.33 Å². The Morgan fingerprint density at radius 2 is 2.20 bits per heavy atom. The minimum Gasteiger partial charge on any atom is -0.376 e. The number of hydrogen-bond acceptors (Lipinski definition) is 7. The first kappa shape index (κ1) is 17.4. The van der Waals surface area contributed by atoms with E-state index < -0.39 is 4.92 Å². The second-order valence-corrected chi connectivity index (χ2v) is 6.21. The van der Waals surface area contributed by atoms with Gasteiger partial charge in [-0.25, -0.2) is 9.97 Å². The van der Waals surface area contributed by atoms with E-state index in [9.17, 15) is 10.1 Å². The summed E-state index contributed by atoms with van der Waals surface area (Å²) in [6.45, 7) is 3.06. The summed E-state index contributed by atoms with van der Waals surface area (Å²) in [5.74, 6) is 0.276. The lowest BCUT2D eigenvalue weighted by atomic mass is 10.2. The van der Waals surface area contributed by atoms with Crippen molar-refractivity contribution in [2.75, 3.05) is 23.8 Å². The molecule has 1 aliphatic heterocycles. The van der Waals surface area contributed by atoms with Gasteiger partial charge in [-0.15, -0.1) is 0 Å². The van der Waals surface area contributed by atoms with Crippen LogP contribution < -0.4 is 10.6 Å². The summed E-state index contributed by atoms with van der Waals surface area (Å²) >= 11 is 6.01. The number of nitrogens with one attached hydrogen (secondary N) is 2. The molecule has 0 aliphatic carbocycles. The number of hydrogen-bond donors (Lipinski definition) is 2. The Kier molecular flexibility index (Phi) is 5.30. The molecule has 0 bridgehead atoms. The van der Waals surface area contributed by atoms with Gasteiger partial charge in [0.25, 0.3) is 0 Å². The van der Waals surface area contributed by atoms with Crippen LogP contribution in [0.5, 0.6) is 0 Å². The van der Waals surface area contributed by atoms with Gasteiger partial charge in [0.15, 0.2) is 0 Å². The fraction of sp³-hybridized carbons (Fsp3) is 0.375. The molecule has 8 nitrogen and oxygen atoms in total. The zero-order valence-corrected chi connectivity index (χ0v) is 14.4. The van der Waals surface area contributed by atoms with Gasteiger partial charge in [-0.2, -0.15) is 0 Å². The van der Waals surface area contributed by atoms with Crippen molar-refractivity contribution in [2.24, 2.45) is 0 Å². The number of ether oxygens (including phenoxy) is 1. The zero-order chi connectivity index (χ0) is 17.8. The number of anilines is 3. The van der Waals surface area contributed by atoms with Crippen molar-refractivity contribution in [1.29, 1.82) is 0 Å². The summed E-state index contributed by atoms with van der Waals surface area (Å²) in [4.78, 5) is 19.1. The Morgan fingerprint density at radius 1 is 1.40 bits per heavy atom. The first-order valence-electron chi connectivity index (χ1n) is 7.92. The Balaban J connectivity index is 1.86. The highest BCUT2D eigenvalue weighted by atomic mass is 35.5. The van der Waals surface area contributed by atoms with Crippen LogP contribution in [0.15, 0.2) is 24.5 Å². The number of nitrogens with zero attached hydrogens (tertiary/aromatic N) is 3. The molecule has 0 radical (unpaired) electrons. The molecular weight excluding hydrogens is 346 g/mol. The summed E-state index contributed by atoms with van der Waals surface area (Å²) in [5.41, 5.74) is 1.34. The number of halogens is 1. The van der Waals surface area contributed by atoms with Crippen molar-refractivity contribution < 1.29 is 9.66 Å². The van der Waals surface area contributed by atoms with E-state index in [1.54, 1.807) is 12.1 Å². The second kappa shape index (κ2) is 7.62. The van der Waals surface area contributed by atoms with Crippen LogP contribution in [0, 0.1) is 17.0 Å². The molecule has 1 saturated heterocycles. The molecule has 2 N–H and O–H groups in total. The third-order valence-electron chi connectivity index (χ3n) is 3.98. The van der Waals surface area contributed by atoms with Gasteiger partial charge in [-0.1, -0.05) is 17.7 Å². The maximum Gasteiger partial charge on any atom is 0.353 e. The predicted molar refractivity (Wildman–Crippen MR) is 95.6 cm³/mol. The summed E-state index contributed by atoms with van der Waals surface area (Å²) < 4.78 is 5.52. The molecule has 0 spiro atoms. The monoisotopic (exact) mass is 363 g/mol. The van der Waals surface area contributed by atoms with E-state index in [0.29, 0.717) is 17.3 Å². The maximum atomic E-state index is 11.6. The fourth-order valence-corrected chi connectivity index (χ4v) is 2.82. The Labute approximate surface area is 149 Å². The van der Waals surface area contributed by atoms with Crippen LogP contribution in [0.1, 0.15) is 18.4 Å². The molecule has 0 amide bonds. The largest absolute Gasteiger partial charge is 0.376 e. The number of aryl methyl sites for hydroxylation is 1. The molecular formula is C16H18ClN5O3. The molecule has 3 rings (SSSR count). The van der Waals surface area contributed by atoms with Crippen molar-refractivity contribution in [3.8, 4) is 0 Å². The van der Waals surface area contributed by atoms with E-state index in [2.05, 4.69) is 20.6 Å². The topological polar surface area (TPSA) is 102 Å². The van der Waals surface area contributed by atoms with Crippen molar-refractivity contribution in [3.05, 3.63) is 45.2 Å². The Morgan fingerprint density at radius 3 is 2.92 bits per heavy atom. The van der Waals surface area contributed by atoms with Gasteiger partial charge in [0, 0.05) is 23.9 Å². The van der Waals surface area contributed by atoms with Gasteiger partial charge in [-0.3, -0.25) is 10.1 Å². The minimum absolute atomic E-state index is 0.0427. The van der Waals surface area contributed by atoms with E-state index in [4.69, 9.17) is 16.3 Å². The van der Waals surface area contributed by atoms with Crippen molar-refractivity contribution >= 4 is 34.6 Å². The molecule has 9 heteroatoms. The van der Waals surface area contributed by atoms with Crippen LogP contribution >= 0.6 is 11.6 Å². The van der Waals surface area contributed by atoms with Crippen molar-refractivity contribution in [3.63, 3.8) is 0 Å². The van der Waals surface area contributed by atoms with Gasteiger partial charge < -0.3 is 15.4 Å². The van der Waals surface area contributed by atoms with E-state index in [1.807, 2.05) is 13.0 Å². The minimum atomic E-state index is -0.500. The molecule has 2 aromatic rings. The van der Waals surface area contributed by atoms with Crippen molar-refractivity contribution in [1.82, 2.24) is 9.97 Å². The van der Waals surface area contributed by atoms with Crippen LogP contribution in [0.3, 0.4) is 0 Å². The third kappa shape index (κ3) is 4.15. The molecule has 1 unspecified atom stereocenters. The van der Waals surface area contributed by atoms with Gasteiger partial charge in [0.2, 0.25) is 11.6 Å². The number of benzene rings is 1. The van der Waals surface area contributed by atoms with E-state index in [-0.39, 0.29) is 23.4 Å². The Hall–Kier alpha value is -2.45. The first-order chi connectivity index (χ1) is 12.0. The third-order valence-corrected chi connectivity index (χ3v) is 4.21. The van der Waals surface area contributed by atoms with Crippen LogP contribution in [-0.2, 0) is 4.74 Å². The molecule has 1 atom stereocenters. The standard InChI is InChI=1S/C16H18ClN5O3/c1-10-4-5-11(17)7-13(10)21-16-14(22(23)24)15(19-9-20-16)18-8-12-3-2-6-25-12/h4-5,7,9,12H,2-3,6,8H2,1H3,(H2,18,19,20,21). The molecule has 1 aromatic carbocycles. The van der Waals surface area contributed by atoms with Crippen LogP contribution in [0.2, 0.25) is 5.02 Å². The molecule has 1 aliphatic rings. The molecule has 2 heterocycles. The van der Waals surface area contributed by atoms with Crippen LogP contribution in [-0.4, -0.2) is 34.1 Å². The highest BCUT2D eigenvalue weighted by molar-refractivity contribution is 6.30. The number of rotatable bonds is 6. The highest BCUT2D eigenvalue weighted by Crippen LogP contribution is 2.33. The molecule has 1 aromatic heterocycles. The Bertz CT molecular complexity index is 780. The highest BCUT2D eigenvalue weighted by Gasteiger charge is 2.25. The van der Waals surface area contributed by atoms with Crippen LogP contribution in [0.25, 0.3) is 0 Å². The molecule has 132 valence electrons. The molecule has 25 heavy (non-hydrogen) atoms. The first-order valence-corrected chi connectivity index (χ1v) is 8.30. The lowest BCUT2D eigenvalue weighted by molar-refractivity contribution is -0.383. The average molecular weight is 364 g/mol. The molecule has 0 saturated carbocycles. The summed E-state index contributed by atoms with van der Waals surface area (Å²) in [7, 11) is 0. The number of aromatic nitrogens is 2. The molecule has 1 fully saturated rings. The van der Waals surface area contributed by atoms with Crippen LogP contribution in [0.4, 0.5) is 23.0 Å². The second-order valence-electron chi connectivity index (χ2n) is 5.78. The van der Waals surface area contributed by atoms with E-state index in [0.717, 1.165) is 25.0 Å². The average Bonchev–Trinajstić information content (AvgIpc) is 3.09. The lowest BCUT2D eigenvalue weighted by Crippen LogP contribution is -2.20. The van der Waals surface area contributed by atoms with Gasteiger partial charge in [-0.05, 0) is 37.5 Å². The summed E-state index contributed by atoms with van der Waals surface area (Å²) in [6, 6.07) is 5.28. The van der Waals surface area contributed by atoms with Gasteiger partial charge >= 0.3 is 5.69 Å². The maximum absolute atomic E-state index is 11.6. The number of nitro groups is 1. The summed E-state index contributed by atoms with van der Waals surface area (Å²) in [5, 5.41) is 18.1. The SMILES string of the molecule is Cc1ccc(Cl)cc1Nc1ncnc(NCC2CCCO2)c1[N+](=O)[O-]. The van der Waals surface area contributed by atoms with Gasteiger partial charge in [0.05, 0.1) is 11.0 Å².